The van der Waals surface area contributed by atoms with E-state index in [9.17, 15) is 17.6 Å². The largest absolute Gasteiger partial charge is 0.338 e. The molecule has 0 spiro atoms. The van der Waals surface area contributed by atoms with Gasteiger partial charge in [-0.05, 0) is 37.5 Å². The molecule has 0 unspecified atom stereocenters. The maximum Gasteiger partial charge on any atom is 0.222 e. The molecule has 122 valence electrons. The fraction of sp³-hybridized carbons (Fsp3) is 0.533. The normalized spacial score (nSPS) is 17.0. The van der Waals surface area contributed by atoms with Crippen molar-refractivity contribution < 1.29 is 17.6 Å². The van der Waals surface area contributed by atoms with E-state index in [1.54, 1.807) is 24.0 Å². The zero-order chi connectivity index (χ0) is 16.2. The summed E-state index contributed by atoms with van der Waals surface area (Å²) in [5, 5.41) is 0. The summed E-state index contributed by atoms with van der Waals surface area (Å²) in [6.07, 6.45) is 1.69. The molecule has 22 heavy (non-hydrogen) atoms. The third kappa shape index (κ3) is 4.51. The highest BCUT2D eigenvalue weighted by Gasteiger charge is 2.28. The third-order valence-corrected chi connectivity index (χ3v) is 5.20. The highest BCUT2D eigenvalue weighted by molar-refractivity contribution is 7.89. The minimum absolute atomic E-state index is 0.00632. The lowest BCUT2D eigenvalue weighted by atomic mass is 10.0. The summed E-state index contributed by atoms with van der Waals surface area (Å²) >= 11 is 0. The second kappa shape index (κ2) is 7.19. The lowest BCUT2D eigenvalue weighted by molar-refractivity contribution is -0.129. The van der Waals surface area contributed by atoms with Crippen molar-refractivity contribution in [3.05, 3.63) is 35.6 Å². The highest BCUT2D eigenvalue weighted by Crippen LogP contribution is 2.17. The van der Waals surface area contributed by atoms with Crippen molar-refractivity contribution in [3.8, 4) is 0 Å². The number of nitrogens with zero attached hydrogens (tertiary/aromatic N) is 1. The van der Waals surface area contributed by atoms with Crippen LogP contribution in [0.2, 0.25) is 0 Å². The number of benzene rings is 1. The predicted molar refractivity (Wildman–Crippen MR) is 82.3 cm³/mol. The molecule has 0 radical (unpaired) electrons. The molecule has 1 aromatic carbocycles. The number of hydrogen-bond acceptors (Lipinski definition) is 3. The molecule has 1 heterocycles. The van der Waals surface area contributed by atoms with Gasteiger partial charge in [0.15, 0.2) is 0 Å². The van der Waals surface area contributed by atoms with Gasteiger partial charge in [-0.3, -0.25) is 4.79 Å². The van der Waals surface area contributed by atoms with Crippen LogP contribution in [0.25, 0.3) is 0 Å². The first-order chi connectivity index (χ1) is 10.4. The number of rotatable bonds is 7. The summed E-state index contributed by atoms with van der Waals surface area (Å²) in [5.41, 5.74) is 0.750. The van der Waals surface area contributed by atoms with Crippen molar-refractivity contribution in [2.24, 2.45) is 0 Å². The Hall–Kier alpha value is -1.47. The fourth-order valence-electron chi connectivity index (χ4n) is 2.61. The summed E-state index contributed by atoms with van der Waals surface area (Å²) in [5.74, 6) is -0.316. The van der Waals surface area contributed by atoms with Crippen molar-refractivity contribution >= 4 is 15.9 Å². The van der Waals surface area contributed by atoms with Crippen LogP contribution >= 0.6 is 0 Å². The average Bonchev–Trinajstić information content (AvgIpc) is 2.90. The van der Waals surface area contributed by atoms with Gasteiger partial charge in [0.1, 0.15) is 5.82 Å². The van der Waals surface area contributed by atoms with Crippen LogP contribution in [-0.4, -0.2) is 44.1 Å². The Labute approximate surface area is 130 Å². The molecule has 0 saturated carbocycles. The van der Waals surface area contributed by atoms with Crippen LogP contribution in [0.4, 0.5) is 4.39 Å². The number of halogens is 1. The van der Waals surface area contributed by atoms with Crippen molar-refractivity contribution in [2.45, 2.75) is 32.2 Å². The van der Waals surface area contributed by atoms with Crippen LogP contribution in [0.1, 0.15) is 25.3 Å². The lowest BCUT2D eigenvalue weighted by Crippen LogP contribution is -2.46. The van der Waals surface area contributed by atoms with Crippen LogP contribution in [-0.2, 0) is 21.2 Å². The number of carbonyl (C=O) groups is 1. The van der Waals surface area contributed by atoms with E-state index in [4.69, 9.17) is 0 Å². The van der Waals surface area contributed by atoms with Crippen LogP contribution in [0.5, 0.6) is 0 Å². The zero-order valence-electron chi connectivity index (χ0n) is 12.6. The molecule has 1 aromatic rings. The first kappa shape index (κ1) is 16.9. The van der Waals surface area contributed by atoms with E-state index in [-0.39, 0.29) is 30.1 Å². The molecule has 1 N–H and O–H groups in total. The Bertz CT molecular complexity index is 633. The van der Waals surface area contributed by atoms with E-state index in [2.05, 4.69) is 4.72 Å². The molecule has 1 saturated heterocycles. The number of likely N-dealkylation sites (tertiary alicyclic amines) is 1. The Balaban J connectivity index is 2.12. The van der Waals surface area contributed by atoms with Crippen LogP contribution < -0.4 is 4.72 Å². The van der Waals surface area contributed by atoms with E-state index in [0.717, 1.165) is 12.0 Å². The van der Waals surface area contributed by atoms with E-state index < -0.39 is 10.0 Å². The number of sulfonamides is 1. The topological polar surface area (TPSA) is 66.5 Å². The smallest absolute Gasteiger partial charge is 0.222 e. The summed E-state index contributed by atoms with van der Waals surface area (Å²) in [6, 6.07) is 5.88. The fourth-order valence-corrected chi connectivity index (χ4v) is 3.26. The van der Waals surface area contributed by atoms with Gasteiger partial charge < -0.3 is 4.90 Å². The van der Waals surface area contributed by atoms with Crippen molar-refractivity contribution in [1.29, 1.82) is 0 Å². The van der Waals surface area contributed by atoms with Gasteiger partial charge in [-0.25, -0.2) is 17.5 Å². The second-order valence-corrected chi connectivity index (χ2v) is 7.53. The summed E-state index contributed by atoms with van der Waals surface area (Å²) < 4.78 is 39.1. The number of nitrogens with one attached hydrogen (secondary N) is 1. The molecule has 1 fully saturated rings. The summed E-state index contributed by atoms with van der Waals surface area (Å²) in [6.45, 7) is 2.33. The van der Waals surface area contributed by atoms with Crippen LogP contribution in [0.15, 0.2) is 24.3 Å². The molecular formula is C15H21FN2O3S. The number of hydrogen-bond donors (Lipinski definition) is 1. The monoisotopic (exact) mass is 328 g/mol. The SMILES string of the molecule is CCS(=O)(=O)NC[C@H](Cc1cccc(F)c1)N1CCCC1=O. The zero-order valence-corrected chi connectivity index (χ0v) is 13.4. The van der Waals surface area contributed by atoms with Gasteiger partial charge in [-0.15, -0.1) is 0 Å². The molecule has 0 aromatic heterocycles. The van der Waals surface area contributed by atoms with Gasteiger partial charge in [-0.2, -0.15) is 0 Å². The molecule has 5 nitrogen and oxygen atoms in total. The van der Waals surface area contributed by atoms with E-state index >= 15 is 0 Å². The van der Waals surface area contributed by atoms with Crippen molar-refractivity contribution in [1.82, 2.24) is 9.62 Å². The van der Waals surface area contributed by atoms with Gasteiger partial charge in [-0.1, -0.05) is 12.1 Å². The van der Waals surface area contributed by atoms with Crippen LogP contribution in [0, 0.1) is 5.82 Å². The summed E-state index contributed by atoms with van der Waals surface area (Å²) in [4.78, 5) is 13.6. The molecule has 1 atom stereocenters. The second-order valence-electron chi connectivity index (χ2n) is 5.43. The quantitative estimate of drug-likeness (QED) is 0.820. The van der Waals surface area contributed by atoms with Gasteiger partial charge in [0.2, 0.25) is 15.9 Å². The number of carbonyl (C=O) groups excluding carboxylic acids is 1. The number of amides is 1. The molecule has 1 amide bonds. The molecule has 1 aliphatic heterocycles. The Morgan fingerprint density at radius 2 is 2.18 bits per heavy atom. The Morgan fingerprint density at radius 3 is 2.77 bits per heavy atom. The van der Waals surface area contributed by atoms with E-state index in [0.29, 0.717) is 19.4 Å². The minimum atomic E-state index is -3.32. The predicted octanol–water partition coefficient (Wildman–Crippen LogP) is 1.30. The standard InChI is InChI=1S/C15H21FN2O3S/c1-2-22(20,21)17-11-14(18-8-4-7-15(18)19)10-12-5-3-6-13(16)9-12/h3,5-6,9,14,17H,2,4,7-8,10-11H2,1H3/t14-/m0/s1. The van der Waals surface area contributed by atoms with E-state index in [1.165, 1.54) is 12.1 Å². The molecule has 0 aliphatic carbocycles. The lowest BCUT2D eigenvalue weighted by Gasteiger charge is -2.28. The molecule has 7 heteroatoms. The average molecular weight is 328 g/mol. The Morgan fingerprint density at radius 1 is 1.41 bits per heavy atom. The van der Waals surface area contributed by atoms with Crippen molar-refractivity contribution in [2.75, 3.05) is 18.8 Å². The van der Waals surface area contributed by atoms with Gasteiger partial charge >= 0.3 is 0 Å². The summed E-state index contributed by atoms with van der Waals surface area (Å²) in [7, 11) is -3.32. The first-order valence-corrected chi connectivity index (χ1v) is 9.08. The molecular weight excluding hydrogens is 307 g/mol. The van der Waals surface area contributed by atoms with Gasteiger partial charge in [0.05, 0.1) is 5.75 Å². The molecule has 1 aliphatic rings. The highest BCUT2D eigenvalue weighted by atomic mass is 32.2. The first-order valence-electron chi connectivity index (χ1n) is 7.42. The van der Waals surface area contributed by atoms with Gasteiger partial charge in [0.25, 0.3) is 0 Å². The maximum atomic E-state index is 13.3. The third-order valence-electron chi connectivity index (χ3n) is 3.83. The minimum Gasteiger partial charge on any atom is -0.338 e. The van der Waals surface area contributed by atoms with E-state index in [1.807, 2.05) is 0 Å². The van der Waals surface area contributed by atoms with Gasteiger partial charge in [0, 0.05) is 25.6 Å². The van der Waals surface area contributed by atoms with Crippen molar-refractivity contribution in [3.63, 3.8) is 0 Å². The molecule has 0 bridgehead atoms. The Kier molecular flexibility index (Phi) is 5.52. The van der Waals surface area contributed by atoms with Crippen LogP contribution in [0.3, 0.4) is 0 Å². The molecule has 2 rings (SSSR count). The maximum absolute atomic E-state index is 13.3.